The molecule has 1 aliphatic heterocycles. The van der Waals surface area contributed by atoms with E-state index in [9.17, 15) is 24.6 Å². The van der Waals surface area contributed by atoms with Crippen molar-refractivity contribution in [2.75, 3.05) is 13.1 Å². The number of primary amides is 1. The third-order valence-corrected chi connectivity index (χ3v) is 6.63. The van der Waals surface area contributed by atoms with E-state index in [0.717, 1.165) is 29.6 Å². The highest BCUT2D eigenvalue weighted by Gasteiger charge is 2.35. The Kier molecular flexibility index (Phi) is 7.30. The fourth-order valence-electron chi connectivity index (χ4n) is 4.62. The van der Waals surface area contributed by atoms with Crippen LogP contribution in [0.3, 0.4) is 0 Å². The molecule has 1 aliphatic carbocycles. The number of aliphatic hydroxyl groups is 2. The third kappa shape index (κ3) is 5.30. The van der Waals surface area contributed by atoms with Crippen LogP contribution in [0.15, 0.2) is 42.1 Å². The van der Waals surface area contributed by atoms with Crippen molar-refractivity contribution in [3.8, 4) is 0 Å². The molecule has 0 radical (unpaired) electrons. The number of H-pyrrole nitrogens is 1. The zero-order valence-electron chi connectivity index (χ0n) is 18.8. The summed E-state index contributed by atoms with van der Waals surface area (Å²) in [5.74, 6) is -1.67. The molecular formula is C24H31N5O5. The lowest BCUT2D eigenvalue weighted by atomic mass is 9.88. The number of carbonyl (C=O) groups excluding carboxylic acids is 3. The van der Waals surface area contributed by atoms with Crippen LogP contribution in [0.4, 0.5) is 0 Å². The van der Waals surface area contributed by atoms with Crippen LogP contribution >= 0.6 is 0 Å². The van der Waals surface area contributed by atoms with Crippen LogP contribution in [0.25, 0.3) is 10.9 Å². The molecule has 1 aromatic carbocycles. The molecule has 10 nitrogen and oxygen atoms in total. The number of rotatable bonds is 7. The fraction of sp³-hybridized carbons (Fsp3) is 0.458. The van der Waals surface area contributed by atoms with Gasteiger partial charge in [0, 0.05) is 41.4 Å². The van der Waals surface area contributed by atoms with Crippen LogP contribution < -0.4 is 21.7 Å². The molecule has 2 aromatic rings. The van der Waals surface area contributed by atoms with E-state index in [-0.39, 0.29) is 30.2 Å². The first-order chi connectivity index (χ1) is 16.3. The highest BCUT2D eigenvalue weighted by Crippen LogP contribution is 2.23. The molecule has 8 N–H and O–H groups in total. The van der Waals surface area contributed by atoms with Crippen LogP contribution in [0, 0.1) is 5.92 Å². The Bertz CT molecular complexity index is 1090. The molecule has 2 heterocycles. The number of para-hydroxylation sites is 1. The van der Waals surface area contributed by atoms with Gasteiger partial charge in [-0.1, -0.05) is 24.3 Å². The maximum atomic E-state index is 13.0. The van der Waals surface area contributed by atoms with Gasteiger partial charge in [0.1, 0.15) is 12.1 Å². The lowest BCUT2D eigenvalue weighted by molar-refractivity contribution is -0.128. The Morgan fingerprint density at radius 1 is 1.15 bits per heavy atom. The maximum absolute atomic E-state index is 13.0. The van der Waals surface area contributed by atoms with Crippen molar-refractivity contribution in [3.63, 3.8) is 0 Å². The molecule has 0 spiro atoms. The van der Waals surface area contributed by atoms with Gasteiger partial charge in [0.15, 0.2) is 0 Å². The number of hydrogen-bond acceptors (Lipinski definition) is 6. The smallest absolute Gasteiger partial charge is 0.247 e. The minimum absolute atomic E-state index is 0.106. The van der Waals surface area contributed by atoms with Crippen molar-refractivity contribution in [1.82, 2.24) is 20.9 Å². The molecule has 1 aromatic heterocycles. The number of aliphatic hydroxyl groups excluding tert-OH is 2. The Balaban J connectivity index is 1.46. The number of fused-ring (bicyclic) bond motifs is 1. The highest BCUT2D eigenvalue weighted by atomic mass is 16.3. The molecule has 0 saturated carbocycles. The van der Waals surface area contributed by atoms with E-state index in [0.29, 0.717) is 12.8 Å². The number of aromatic amines is 1. The fourth-order valence-corrected chi connectivity index (χ4v) is 4.62. The molecular weight excluding hydrogens is 438 g/mol. The van der Waals surface area contributed by atoms with Crippen molar-refractivity contribution in [2.45, 2.75) is 50.0 Å². The van der Waals surface area contributed by atoms with Gasteiger partial charge in [0.05, 0.1) is 12.1 Å². The minimum atomic E-state index is -1.24. The highest BCUT2D eigenvalue weighted by molar-refractivity contribution is 5.97. The quantitative estimate of drug-likeness (QED) is 0.280. The summed E-state index contributed by atoms with van der Waals surface area (Å²) in [4.78, 5) is 40.8. The average Bonchev–Trinajstić information content (AvgIpc) is 3.24. The number of nitrogens with two attached hydrogens (primary N) is 1. The Labute approximate surface area is 197 Å². The van der Waals surface area contributed by atoms with Crippen LogP contribution in [0.1, 0.15) is 24.8 Å². The van der Waals surface area contributed by atoms with Crippen molar-refractivity contribution in [1.29, 1.82) is 0 Å². The van der Waals surface area contributed by atoms with Crippen LogP contribution in [0.5, 0.6) is 0 Å². The third-order valence-electron chi connectivity index (χ3n) is 6.63. The normalized spacial score (nSPS) is 24.3. The van der Waals surface area contributed by atoms with Gasteiger partial charge in [-0.2, -0.15) is 0 Å². The second-order valence-corrected chi connectivity index (χ2v) is 9.00. The lowest BCUT2D eigenvalue weighted by Gasteiger charge is -2.33. The predicted octanol–water partition coefficient (Wildman–Crippen LogP) is -0.783. The van der Waals surface area contributed by atoms with Gasteiger partial charge in [-0.15, -0.1) is 0 Å². The number of amides is 3. The molecule has 34 heavy (non-hydrogen) atoms. The second-order valence-electron chi connectivity index (χ2n) is 9.00. The molecule has 4 atom stereocenters. The molecule has 182 valence electrons. The first kappa shape index (κ1) is 23.9. The van der Waals surface area contributed by atoms with Crippen LogP contribution in [0.2, 0.25) is 0 Å². The standard InChI is InChI=1S/C24H31N5O5/c25-22(32)19(10-15-12-27-17-4-2-1-3-16(15)17)29-24(34)14-9-18(21(31)20(30)11-14)28-23(33)13-5-7-26-8-6-13/h1-4,9,12-13,18-21,26-27,30-31H,5-8,10-11H2,(H2,25,32)(H,28,33)(H,29,34)/t18-,19-,20-,21-/m1/s1. The predicted molar refractivity (Wildman–Crippen MR) is 125 cm³/mol. The summed E-state index contributed by atoms with van der Waals surface area (Å²) in [5.41, 5.74) is 7.49. The van der Waals surface area contributed by atoms with Crippen molar-refractivity contribution >= 4 is 28.6 Å². The zero-order valence-corrected chi connectivity index (χ0v) is 18.8. The largest absolute Gasteiger partial charge is 0.390 e. The minimum Gasteiger partial charge on any atom is -0.390 e. The summed E-state index contributed by atoms with van der Waals surface area (Å²) < 4.78 is 0. The molecule has 4 rings (SSSR count). The topological polar surface area (TPSA) is 170 Å². The van der Waals surface area contributed by atoms with Gasteiger partial charge in [0.25, 0.3) is 0 Å². The van der Waals surface area contributed by atoms with E-state index in [1.807, 2.05) is 24.3 Å². The summed E-state index contributed by atoms with van der Waals surface area (Å²) in [5, 5.41) is 30.3. The monoisotopic (exact) mass is 469 g/mol. The lowest BCUT2D eigenvalue weighted by Crippen LogP contribution is -2.53. The maximum Gasteiger partial charge on any atom is 0.247 e. The van der Waals surface area contributed by atoms with Gasteiger partial charge in [0.2, 0.25) is 17.7 Å². The second kappa shape index (κ2) is 10.4. The van der Waals surface area contributed by atoms with Gasteiger partial charge in [-0.25, -0.2) is 0 Å². The zero-order chi connectivity index (χ0) is 24.2. The first-order valence-electron chi connectivity index (χ1n) is 11.6. The van der Waals surface area contributed by atoms with Gasteiger partial charge in [-0.05, 0) is 37.6 Å². The van der Waals surface area contributed by atoms with E-state index in [1.54, 1.807) is 6.20 Å². The number of benzene rings is 1. The average molecular weight is 470 g/mol. The molecule has 1 fully saturated rings. The summed E-state index contributed by atoms with van der Waals surface area (Å²) in [6.07, 6.45) is 2.22. The van der Waals surface area contributed by atoms with Crippen LogP contribution in [-0.4, -0.2) is 70.3 Å². The molecule has 3 amide bonds. The Morgan fingerprint density at radius 3 is 2.62 bits per heavy atom. The molecule has 0 bridgehead atoms. The van der Waals surface area contributed by atoms with Gasteiger partial charge in [-0.3, -0.25) is 14.4 Å². The number of nitrogens with one attached hydrogen (secondary N) is 4. The number of aromatic nitrogens is 1. The van der Waals surface area contributed by atoms with Crippen molar-refractivity contribution < 1.29 is 24.6 Å². The van der Waals surface area contributed by atoms with E-state index >= 15 is 0 Å². The molecule has 10 heteroatoms. The van der Waals surface area contributed by atoms with E-state index in [4.69, 9.17) is 5.73 Å². The SMILES string of the molecule is NC(=O)[C@@H](Cc1c[nH]c2ccccc12)NC(=O)C1=C[C@@H](NC(=O)C2CCNCC2)[C@@H](O)[C@H](O)C1. The summed E-state index contributed by atoms with van der Waals surface area (Å²) in [6.45, 7) is 1.48. The summed E-state index contributed by atoms with van der Waals surface area (Å²) in [6, 6.07) is 5.72. The van der Waals surface area contributed by atoms with E-state index in [2.05, 4.69) is 20.9 Å². The Morgan fingerprint density at radius 2 is 1.88 bits per heavy atom. The number of carbonyl (C=O) groups is 3. The summed E-state index contributed by atoms with van der Waals surface area (Å²) in [7, 11) is 0. The van der Waals surface area contributed by atoms with Crippen LogP contribution in [-0.2, 0) is 20.8 Å². The van der Waals surface area contributed by atoms with E-state index in [1.165, 1.54) is 6.08 Å². The van der Waals surface area contributed by atoms with E-state index < -0.39 is 36.1 Å². The molecule has 0 unspecified atom stereocenters. The van der Waals surface area contributed by atoms with Crippen molar-refractivity contribution in [2.24, 2.45) is 11.7 Å². The Hall–Kier alpha value is -3.21. The van der Waals surface area contributed by atoms with Crippen molar-refractivity contribution in [3.05, 3.63) is 47.7 Å². The van der Waals surface area contributed by atoms with Gasteiger partial charge < -0.3 is 36.9 Å². The number of hydrogen-bond donors (Lipinski definition) is 7. The van der Waals surface area contributed by atoms with Gasteiger partial charge >= 0.3 is 0 Å². The molecule has 1 saturated heterocycles. The summed E-state index contributed by atoms with van der Waals surface area (Å²) >= 11 is 0. The first-order valence-corrected chi connectivity index (χ1v) is 11.6. The molecule has 2 aliphatic rings. The number of piperidine rings is 1.